The molecule has 6 aromatic rings. The Bertz CT molecular complexity index is 3340. The van der Waals surface area contributed by atoms with Crippen LogP contribution >= 0.6 is 93.1 Å². The van der Waals surface area contributed by atoms with E-state index in [1.54, 1.807) is 23.5 Å². The molecular formula is C66H60Cl6N6S2. The summed E-state index contributed by atoms with van der Waals surface area (Å²) in [6.07, 6.45) is 17.2. The summed E-state index contributed by atoms with van der Waals surface area (Å²) in [4.78, 5) is 29.6. The second-order valence-corrected chi connectivity index (χ2v) is 26.6. The zero-order chi connectivity index (χ0) is 57.4. The first-order valence-corrected chi connectivity index (χ1v) is 30.2. The van der Waals surface area contributed by atoms with Gasteiger partial charge in [0.2, 0.25) is 0 Å². The minimum atomic E-state index is -0.750. The van der Waals surface area contributed by atoms with Crippen LogP contribution in [0.4, 0.5) is 0 Å². The van der Waals surface area contributed by atoms with Gasteiger partial charge < -0.3 is 9.97 Å². The Morgan fingerprint density at radius 2 is 0.475 bits per heavy atom. The van der Waals surface area contributed by atoms with Gasteiger partial charge in [-0.3, -0.25) is 0 Å². The number of alkyl halides is 6. The van der Waals surface area contributed by atoms with Crippen LogP contribution in [0.1, 0.15) is 112 Å². The van der Waals surface area contributed by atoms with Gasteiger partial charge in [-0.1, -0.05) is 164 Å². The number of aliphatic imine (C=N–C) groups is 4. The number of hydrogen-bond donors (Lipinski definition) is 2. The third-order valence-electron chi connectivity index (χ3n) is 14.1. The number of rotatable bonds is 4. The van der Waals surface area contributed by atoms with Gasteiger partial charge in [-0.15, -0.1) is 0 Å². The van der Waals surface area contributed by atoms with E-state index in [4.69, 9.17) is 89.6 Å². The van der Waals surface area contributed by atoms with Crippen molar-refractivity contribution in [2.24, 2.45) is 20.0 Å². The summed E-state index contributed by atoms with van der Waals surface area (Å²) in [6.45, 7) is 26.4. The number of aromatic amines is 2. The molecule has 80 heavy (non-hydrogen) atoms. The fourth-order valence-corrected chi connectivity index (χ4v) is 13.2. The Morgan fingerprint density at radius 1 is 0.300 bits per heavy atom. The molecule has 5 aliphatic rings. The second kappa shape index (κ2) is 24.9. The zero-order valence-corrected chi connectivity index (χ0v) is 52.7. The van der Waals surface area contributed by atoms with Gasteiger partial charge in [-0.05, 0) is 223 Å². The molecule has 0 fully saturated rings. The number of H-pyrrole nitrogens is 2. The number of nitrogens with one attached hydrogen (secondary N) is 2. The van der Waals surface area contributed by atoms with Crippen molar-refractivity contribution in [2.45, 2.75) is 91.7 Å². The van der Waals surface area contributed by atoms with Crippen molar-refractivity contribution in [1.29, 1.82) is 0 Å². The van der Waals surface area contributed by atoms with E-state index in [1.165, 1.54) is 89.0 Å². The largest absolute Gasteiger partial charge is 0.354 e. The first-order chi connectivity index (χ1) is 38.0. The normalized spacial score (nSPS) is 15.7. The van der Waals surface area contributed by atoms with Crippen LogP contribution in [0.25, 0.3) is 22.3 Å². The van der Waals surface area contributed by atoms with Gasteiger partial charge in [0.25, 0.3) is 0 Å². The maximum atomic E-state index is 5.41. The second-order valence-electron chi connectivity index (χ2n) is 20.5. The van der Waals surface area contributed by atoms with Crippen LogP contribution in [0.2, 0.25) is 0 Å². The average molecular weight is 1210 g/mol. The smallest absolute Gasteiger partial charge is 0.180 e. The first kappa shape index (κ1) is 59.1. The Balaban J connectivity index is 0.000000909. The number of aryl methyl sites for hydroxylation is 12. The van der Waals surface area contributed by atoms with Crippen LogP contribution in [0.15, 0.2) is 164 Å². The van der Waals surface area contributed by atoms with Crippen LogP contribution in [0.3, 0.4) is 0 Å². The molecule has 0 aliphatic carbocycles. The van der Waals surface area contributed by atoms with Crippen molar-refractivity contribution >= 4 is 136 Å². The number of nitrogens with zero attached hydrogens (tertiary/aromatic N) is 4. The van der Waals surface area contributed by atoms with E-state index in [0.29, 0.717) is 0 Å². The van der Waals surface area contributed by atoms with Crippen molar-refractivity contribution in [3.8, 4) is 0 Å². The lowest BCUT2D eigenvalue weighted by molar-refractivity contribution is 1.22. The molecule has 6 nitrogen and oxygen atoms in total. The zero-order valence-electron chi connectivity index (χ0n) is 46.6. The number of hydrogen-bond acceptors (Lipinski definition) is 6. The summed E-state index contributed by atoms with van der Waals surface area (Å²) < 4.78 is -1.50. The van der Waals surface area contributed by atoms with Gasteiger partial charge in [-0.2, -0.15) is 0 Å². The standard InChI is InChI=1S/C64H58N6S2.2CHCl3/c1-33-25-37(5)57(38(6)26-33)61-45-13-14-46(65-45)62(58-39(7)27-34(2)28-40(58)8)50-18-23-55(68-50)72-56-24-20-52(70-56)64(60-43(11)31-36(4)32-44(60)12)48-16-15-47(66-48)63(59-41(9)29-35(3)30-42(59)10)51-19-22-54(69-51)71-53-21-17-49(61)67-53;2*2-1(3)4/h13-32,65-66H,1-12H3;2*1H. The van der Waals surface area contributed by atoms with E-state index in [1.807, 2.05) is 0 Å². The van der Waals surface area contributed by atoms with E-state index in [9.17, 15) is 0 Å². The van der Waals surface area contributed by atoms with Crippen LogP contribution < -0.4 is 0 Å². The van der Waals surface area contributed by atoms with E-state index in [0.717, 1.165) is 88.0 Å². The Hall–Kier alpha value is -5.52. The van der Waals surface area contributed by atoms with Crippen LogP contribution in [0, 0.1) is 83.1 Å². The molecule has 0 saturated carbocycles. The molecule has 0 saturated heterocycles. The topological polar surface area (TPSA) is 81.0 Å². The van der Waals surface area contributed by atoms with Crippen molar-refractivity contribution < 1.29 is 0 Å². The molecule has 2 aromatic heterocycles. The lowest BCUT2D eigenvalue weighted by Crippen LogP contribution is -2.02. The number of fused-ring (bicyclic) bond motifs is 8. The minimum absolute atomic E-state index is 0.750. The number of allylic oxidation sites excluding steroid dienone is 4. The Morgan fingerprint density at radius 3 is 0.650 bits per heavy atom. The van der Waals surface area contributed by atoms with Crippen LogP contribution in [-0.2, 0) is 0 Å². The third-order valence-corrected chi connectivity index (χ3v) is 15.8. The maximum Gasteiger partial charge on any atom is 0.180 e. The van der Waals surface area contributed by atoms with Crippen LogP contribution in [-0.4, -0.2) is 38.7 Å². The molecule has 0 spiro atoms. The maximum absolute atomic E-state index is 5.41. The number of halogens is 6. The highest BCUT2D eigenvalue weighted by atomic mass is 35.6. The highest BCUT2D eigenvalue weighted by Crippen LogP contribution is 2.43. The van der Waals surface area contributed by atoms with Crippen molar-refractivity contribution in [1.82, 2.24) is 9.97 Å². The Kier molecular flexibility index (Phi) is 18.4. The molecule has 7 heterocycles. The molecule has 5 aliphatic heterocycles. The number of benzene rings is 4. The lowest BCUT2D eigenvalue weighted by Gasteiger charge is -2.17. The van der Waals surface area contributed by atoms with E-state index >= 15 is 0 Å². The van der Waals surface area contributed by atoms with E-state index in [2.05, 4.69) is 214 Å². The minimum Gasteiger partial charge on any atom is -0.354 e. The van der Waals surface area contributed by atoms with Crippen molar-refractivity contribution in [2.75, 3.05) is 0 Å². The van der Waals surface area contributed by atoms with Crippen LogP contribution in [0.5, 0.6) is 0 Å². The molecule has 0 atom stereocenters. The molecule has 11 rings (SSSR count). The summed E-state index contributed by atoms with van der Waals surface area (Å²) in [7, 11) is 0. The number of thioether (sulfide) groups is 2. The van der Waals surface area contributed by atoms with Gasteiger partial charge >= 0.3 is 0 Å². The highest BCUT2D eigenvalue weighted by molar-refractivity contribution is 8.27. The van der Waals surface area contributed by atoms with Gasteiger partial charge in [0.1, 0.15) is 20.2 Å². The SMILES string of the molecule is Cc1cc(C)c(C2=C3C=CC(=N3)SC3=NC(=C(c4c(C)cc(C)cc4C)c4ccc([nH]4)C(c4c(C)cc(C)cc4C)=C4C=CC(=N4)SC4=NC(=C(c5c(C)cc(C)cc5C)c5ccc2[nH]5)C=C4)C=C3)c(C)c1.ClC(Cl)Cl.ClC(Cl)Cl. The predicted octanol–water partition coefficient (Wildman–Crippen LogP) is 20.1. The molecule has 4 aromatic carbocycles. The average Bonchev–Trinajstić information content (AvgIpc) is 4.35. The third kappa shape index (κ3) is 13.0. The molecule has 14 heteroatoms. The van der Waals surface area contributed by atoms with Gasteiger partial charge in [0.15, 0.2) is 8.59 Å². The predicted molar refractivity (Wildman–Crippen MR) is 352 cm³/mol. The summed E-state index contributed by atoms with van der Waals surface area (Å²) >= 11 is 32.0. The molecule has 0 amide bonds. The first-order valence-electron chi connectivity index (χ1n) is 26.0. The number of aromatic nitrogens is 2. The molecule has 0 unspecified atom stereocenters. The summed E-state index contributed by atoms with van der Waals surface area (Å²) in [5.41, 5.74) is 31.1. The van der Waals surface area contributed by atoms with E-state index < -0.39 is 8.59 Å². The van der Waals surface area contributed by atoms with Crippen molar-refractivity contribution in [3.63, 3.8) is 0 Å². The summed E-state index contributed by atoms with van der Waals surface area (Å²) in [6, 6.07) is 27.1. The van der Waals surface area contributed by atoms with Crippen molar-refractivity contribution in [3.05, 3.63) is 256 Å². The lowest BCUT2D eigenvalue weighted by atomic mass is 9.90. The quantitative estimate of drug-likeness (QED) is 0.173. The monoisotopic (exact) mass is 1210 g/mol. The molecule has 0 radical (unpaired) electrons. The van der Waals surface area contributed by atoms with Gasteiger partial charge in [0.05, 0.1) is 22.8 Å². The highest BCUT2D eigenvalue weighted by Gasteiger charge is 2.28. The summed E-state index contributed by atoms with van der Waals surface area (Å²) in [5.74, 6) is 0. The molecule has 12 bridgehead atoms. The Labute approximate surface area is 509 Å². The molecular weight excluding hydrogens is 1150 g/mol. The van der Waals surface area contributed by atoms with Gasteiger partial charge in [-0.25, -0.2) is 20.0 Å². The van der Waals surface area contributed by atoms with Gasteiger partial charge in [0, 0.05) is 45.1 Å². The fraction of sp³-hybridized carbons (Fsp3) is 0.212. The van der Waals surface area contributed by atoms with E-state index in [-0.39, 0.29) is 0 Å². The summed E-state index contributed by atoms with van der Waals surface area (Å²) in [5, 5.41) is 3.54. The fourth-order valence-electron chi connectivity index (χ4n) is 11.6. The molecule has 408 valence electrons. The molecule has 2 N–H and O–H groups in total.